The lowest BCUT2D eigenvalue weighted by atomic mass is 9.83. The molecule has 0 amide bonds. The topological polar surface area (TPSA) is 32.7 Å². The van der Waals surface area contributed by atoms with Gasteiger partial charge in [0.2, 0.25) is 0 Å². The summed E-state index contributed by atoms with van der Waals surface area (Å²) in [4.78, 5) is 2.53. The van der Waals surface area contributed by atoms with E-state index in [1.807, 2.05) is 13.8 Å². The summed E-state index contributed by atoms with van der Waals surface area (Å²) < 4.78 is 6.08. The van der Waals surface area contributed by atoms with E-state index in [9.17, 15) is 5.11 Å². The van der Waals surface area contributed by atoms with Crippen LogP contribution in [0, 0.1) is 17.8 Å². The van der Waals surface area contributed by atoms with E-state index in [-0.39, 0.29) is 17.6 Å². The van der Waals surface area contributed by atoms with Gasteiger partial charge in [0.15, 0.2) is 0 Å². The van der Waals surface area contributed by atoms with Gasteiger partial charge in [-0.05, 0) is 46.0 Å². The first-order valence-corrected chi connectivity index (χ1v) is 7.72. The molecule has 0 aromatic carbocycles. The Labute approximate surface area is 118 Å². The third-order valence-corrected chi connectivity index (χ3v) is 4.91. The molecule has 0 aromatic rings. The minimum absolute atomic E-state index is 0.194. The van der Waals surface area contributed by atoms with E-state index in [1.165, 1.54) is 6.42 Å². The van der Waals surface area contributed by atoms with Crippen molar-refractivity contribution in [3.8, 4) is 0 Å². The average Bonchev–Trinajstić information content (AvgIpc) is 2.35. The van der Waals surface area contributed by atoms with Gasteiger partial charge in [-0.25, -0.2) is 0 Å². The highest BCUT2D eigenvalue weighted by Gasteiger charge is 2.53. The standard InChI is InChI=1S/C16H31NO2/c1-11-7-12(2)9-17(8-11)10-13-14(18)16(5,6)19-15(13,3)4/h11-14,18H,7-10H2,1-6H3. The van der Waals surface area contributed by atoms with Gasteiger partial charge in [-0.1, -0.05) is 13.8 Å². The van der Waals surface area contributed by atoms with Gasteiger partial charge in [0.1, 0.15) is 0 Å². The second-order valence-corrected chi connectivity index (χ2v) is 8.02. The Balaban J connectivity index is 2.05. The number of ether oxygens (including phenoxy) is 1. The molecule has 4 atom stereocenters. The summed E-state index contributed by atoms with van der Waals surface area (Å²) in [7, 11) is 0. The molecule has 0 bridgehead atoms. The van der Waals surface area contributed by atoms with Gasteiger partial charge in [0.25, 0.3) is 0 Å². The van der Waals surface area contributed by atoms with E-state index in [4.69, 9.17) is 4.74 Å². The van der Waals surface area contributed by atoms with Gasteiger partial charge < -0.3 is 14.7 Å². The number of piperidine rings is 1. The summed E-state index contributed by atoms with van der Waals surface area (Å²) in [6.45, 7) is 16.2. The Morgan fingerprint density at radius 2 is 1.58 bits per heavy atom. The zero-order valence-corrected chi connectivity index (χ0v) is 13.4. The van der Waals surface area contributed by atoms with E-state index in [0.717, 1.165) is 31.5 Å². The minimum atomic E-state index is -0.429. The molecule has 112 valence electrons. The van der Waals surface area contributed by atoms with Crippen LogP contribution in [0.2, 0.25) is 0 Å². The van der Waals surface area contributed by atoms with Gasteiger partial charge in [0, 0.05) is 25.6 Å². The van der Waals surface area contributed by atoms with Gasteiger partial charge in [-0.15, -0.1) is 0 Å². The van der Waals surface area contributed by atoms with Crippen LogP contribution in [0.15, 0.2) is 0 Å². The number of hydrogen-bond acceptors (Lipinski definition) is 3. The highest BCUT2D eigenvalue weighted by atomic mass is 16.5. The highest BCUT2D eigenvalue weighted by Crippen LogP contribution is 2.43. The van der Waals surface area contributed by atoms with Crippen molar-refractivity contribution in [3.63, 3.8) is 0 Å². The fourth-order valence-electron chi connectivity index (χ4n) is 4.22. The van der Waals surface area contributed by atoms with Crippen LogP contribution >= 0.6 is 0 Å². The number of hydrogen-bond donors (Lipinski definition) is 1. The molecule has 3 heteroatoms. The summed E-state index contributed by atoms with van der Waals surface area (Å²) in [5, 5.41) is 10.6. The lowest BCUT2D eigenvalue weighted by molar-refractivity contribution is -0.0916. The number of rotatable bonds is 2. The number of likely N-dealkylation sites (tertiary alicyclic amines) is 1. The van der Waals surface area contributed by atoms with E-state index in [0.29, 0.717) is 0 Å². The molecule has 2 fully saturated rings. The minimum Gasteiger partial charge on any atom is -0.390 e. The monoisotopic (exact) mass is 269 g/mol. The molecule has 0 aliphatic carbocycles. The van der Waals surface area contributed by atoms with Crippen molar-refractivity contribution in [2.75, 3.05) is 19.6 Å². The van der Waals surface area contributed by atoms with Crippen LogP contribution in [-0.2, 0) is 4.74 Å². The SMILES string of the molecule is CC1CC(C)CN(CC2C(O)C(C)(C)OC2(C)C)C1. The third-order valence-electron chi connectivity index (χ3n) is 4.91. The number of aliphatic hydroxyl groups is 1. The number of aliphatic hydroxyl groups excluding tert-OH is 1. The molecule has 0 aromatic heterocycles. The van der Waals surface area contributed by atoms with Crippen molar-refractivity contribution in [1.82, 2.24) is 4.90 Å². The molecule has 2 heterocycles. The van der Waals surface area contributed by atoms with E-state index >= 15 is 0 Å². The predicted molar refractivity (Wildman–Crippen MR) is 78.1 cm³/mol. The van der Waals surface area contributed by atoms with Crippen molar-refractivity contribution in [1.29, 1.82) is 0 Å². The Morgan fingerprint density at radius 1 is 1.05 bits per heavy atom. The first-order chi connectivity index (χ1) is 8.62. The van der Waals surface area contributed by atoms with Gasteiger partial charge >= 0.3 is 0 Å². The maximum Gasteiger partial charge on any atom is 0.0896 e. The van der Waals surface area contributed by atoms with Crippen LogP contribution in [0.5, 0.6) is 0 Å². The van der Waals surface area contributed by atoms with Gasteiger partial charge in [0.05, 0.1) is 17.3 Å². The Kier molecular flexibility index (Phi) is 4.03. The van der Waals surface area contributed by atoms with Crippen LogP contribution in [0.3, 0.4) is 0 Å². The van der Waals surface area contributed by atoms with Crippen LogP contribution in [0.25, 0.3) is 0 Å². The first-order valence-electron chi connectivity index (χ1n) is 7.72. The summed E-state index contributed by atoms with van der Waals surface area (Å²) in [6.07, 6.45) is 0.949. The van der Waals surface area contributed by atoms with Gasteiger partial charge in [-0.2, -0.15) is 0 Å². The smallest absolute Gasteiger partial charge is 0.0896 e. The van der Waals surface area contributed by atoms with Crippen molar-refractivity contribution >= 4 is 0 Å². The van der Waals surface area contributed by atoms with E-state index in [2.05, 4.69) is 32.6 Å². The highest BCUT2D eigenvalue weighted by molar-refractivity contribution is 5.02. The second-order valence-electron chi connectivity index (χ2n) is 8.02. The quantitative estimate of drug-likeness (QED) is 0.836. The molecule has 0 spiro atoms. The van der Waals surface area contributed by atoms with E-state index in [1.54, 1.807) is 0 Å². The summed E-state index contributed by atoms with van der Waals surface area (Å²) in [5.41, 5.74) is -0.673. The molecule has 0 radical (unpaired) electrons. The van der Waals surface area contributed by atoms with Crippen LogP contribution < -0.4 is 0 Å². The summed E-state index contributed by atoms with van der Waals surface area (Å²) in [6, 6.07) is 0. The van der Waals surface area contributed by atoms with Crippen LogP contribution in [-0.4, -0.2) is 46.9 Å². The largest absolute Gasteiger partial charge is 0.390 e. The average molecular weight is 269 g/mol. The van der Waals surface area contributed by atoms with Crippen LogP contribution in [0.4, 0.5) is 0 Å². The molecule has 2 saturated heterocycles. The Morgan fingerprint density at radius 3 is 2.00 bits per heavy atom. The van der Waals surface area contributed by atoms with Gasteiger partial charge in [-0.3, -0.25) is 0 Å². The predicted octanol–water partition coefficient (Wildman–Crippen LogP) is 2.53. The van der Waals surface area contributed by atoms with E-state index < -0.39 is 5.60 Å². The fourth-order valence-corrected chi connectivity index (χ4v) is 4.22. The molecule has 4 unspecified atom stereocenters. The summed E-state index contributed by atoms with van der Waals surface area (Å²) >= 11 is 0. The molecular weight excluding hydrogens is 238 g/mol. The van der Waals surface area contributed by atoms with Crippen molar-refractivity contribution in [2.24, 2.45) is 17.8 Å². The van der Waals surface area contributed by atoms with Crippen molar-refractivity contribution in [3.05, 3.63) is 0 Å². The fraction of sp³-hybridized carbons (Fsp3) is 1.00. The van der Waals surface area contributed by atoms with Crippen molar-refractivity contribution in [2.45, 2.75) is 65.3 Å². The number of nitrogens with zero attached hydrogens (tertiary/aromatic N) is 1. The normalized spacial score (nSPS) is 42.5. The first kappa shape index (κ1) is 15.3. The molecule has 19 heavy (non-hydrogen) atoms. The lowest BCUT2D eigenvalue weighted by Crippen LogP contribution is -2.47. The maximum absolute atomic E-state index is 10.6. The summed E-state index contributed by atoms with van der Waals surface area (Å²) in [5.74, 6) is 1.72. The van der Waals surface area contributed by atoms with Crippen molar-refractivity contribution < 1.29 is 9.84 Å². The molecule has 2 aliphatic rings. The molecule has 0 saturated carbocycles. The maximum atomic E-state index is 10.6. The molecule has 2 aliphatic heterocycles. The molecular formula is C16H31NO2. The second kappa shape index (κ2) is 5.01. The third kappa shape index (κ3) is 3.14. The molecule has 2 rings (SSSR count). The zero-order valence-electron chi connectivity index (χ0n) is 13.4. The lowest BCUT2D eigenvalue weighted by Gasteiger charge is -2.39. The molecule has 3 nitrogen and oxygen atoms in total. The molecule has 1 N–H and O–H groups in total. The zero-order chi connectivity index (χ0) is 14.4. The van der Waals surface area contributed by atoms with Crippen LogP contribution in [0.1, 0.15) is 48.0 Å². The Bertz CT molecular complexity index is 317. The Hall–Kier alpha value is -0.120.